The predicted octanol–water partition coefficient (Wildman–Crippen LogP) is 3.55. The highest BCUT2D eigenvalue weighted by Crippen LogP contribution is 2.32. The van der Waals surface area contributed by atoms with E-state index < -0.39 is 0 Å². The van der Waals surface area contributed by atoms with Gasteiger partial charge in [0.25, 0.3) is 5.91 Å². The third-order valence-electron chi connectivity index (χ3n) is 2.79. The largest absolute Gasteiger partial charge is 0.497 e. The Hall–Kier alpha value is -1.94. The molecule has 2 aromatic carbocycles. The average Bonchev–Trinajstić information content (AvgIpc) is 2.47. The molecule has 0 bridgehead atoms. The standard InChI is InChI=1S/C16H17NO2S/c1-17(2)16(18)14-9-4-5-10-15(14)20-13-8-6-7-12(11-13)19-3/h4-11H,1-3H3. The highest BCUT2D eigenvalue weighted by atomic mass is 32.2. The van der Waals surface area contributed by atoms with Crippen LogP contribution in [-0.4, -0.2) is 32.0 Å². The van der Waals surface area contributed by atoms with Gasteiger partial charge in [0.05, 0.1) is 12.7 Å². The maximum Gasteiger partial charge on any atom is 0.254 e. The zero-order valence-corrected chi connectivity index (χ0v) is 12.6. The monoisotopic (exact) mass is 287 g/mol. The van der Waals surface area contributed by atoms with Crippen molar-refractivity contribution >= 4 is 17.7 Å². The quantitative estimate of drug-likeness (QED) is 0.861. The van der Waals surface area contributed by atoms with Gasteiger partial charge in [0, 0.05) is 23.9 Å². The van der Waals surface area contributed by atoms with E-state index in [1.54, 1.807) is 37.9 Å². The van der Waals surface area contributed by atoms with E-state index in [1.165, 1.54) is 0 Å². The Morgan fingerprint density at radius 2 is 1.85 bits per heavy atom. The molecule has 0 atom stereocenters. The molecule has 0 aromatic heterocycles. The number of ether oxygens (including phenoxy) is 1. The van der Waals surface area contributed by atoms with Gasteiger partial charge in [-0.25, -0.2) is 0 Å². The predicted molar refractivity (Wildman–Crippen MR) is 81.6 cm³/mol. The van der Waals surface area contributed by atoms with Gasteiger partial charge in [-0.2, -0.15) is 0 Å². The summed E-state index contributed by atoms with van der Waals surface area (Å²) in [5.41, 5.74) is 0.713. The van der Waals surface area contributed by atoms with E-state index in [0.29, 0.717) is 5.56 Å². The fourth-order valence-corrected chi connectivity index (χ4v) is 2.75. The molecule has 0 heterocycles. The highest BCUT2D eigenvalue weighted by molar-refractivity contribution is 7.99. The summed E-state index contributed by atoms with van der Waals surface area (Å²) in [6.45, 7) is 0. The molecule has 4 heteroatoms. The number of methoxy groups -OCH3 is 1. The third-order valence-corrected chi connectivity index (χ3v) is 3.86. The average molecular weight is 287 g/mol. The van der Waals surface area contributed by atoms with E-state index >= 15 is 0 Å². The van der Waals surface area contributed by atoms with Crippen LogP contribution < -0.4 is 4.74 Å². The van der Waals surface area contributed by atoms with Crippen molar-refractivity contribution in [2.24, 2.45) is 0 Å². The van der Waals surface area contributed by atoms with E-state index in [4.69, 9.17) is 4.74 Å². The molecule has 2 aromatic rings. The van der Waals surface area contributed by atoms with Crippen molar-refractivity contribution in [2.45, 2.75) is 9.79 Å². The Bertz CT molecular complexity index is 611. The summed E-state index contributed by atoms with van der Waals surface area (Å²) in [6.07, 6.45) is 0. The molecule has 0 aliphatic rings. The lowest BCUT2D eigenvalue weighted by Crippen LogP contribution is -2.22. The third kappa shape index (κ3) is 3.33. The molecule has 1 amide bonds. The van der Waals surface area contributed by atoms with E-state index in [9.17, 15) is 4.79 Å². The molecule has 0 aliphatic heterocycles. The Morgan fingerprint density at radius 3 is 2.55 bits per heavy atom. The number of hydrogen-bond acceptors (Lipinski definition) is 3. The first-order chi connectivity index (χ1) is 9.61. The fraction of sp³-hybridized carbons (Fsp3) is 0.188. The second-order valence-corrected chi connectivity index (χ2v) is 5.59. The molecule has 0 aliphatic carbocycles. The molecule has 104 valence electrons. The fourth-order valence-electron chi connectivity index (χ4n) is 1.76. The molecule has 0 N–H and O–H groups in total. The van der Waals surface area contributed by atoms with Crippen molar-refractivity contribution in [3.8, 4) is 5.75 Å². The van der Waals surface area contributed by atoms with Crippen LogP contribution in [0.2, 0.25) is 0 Å². The number of carbonyl (C=O) groups is 1. The maximum atomic E-state index is 12.2. The van der Waals surface area contributed by atoms with E-state index in [1.807, 2.05) is 48.5 Å². The molecular weight excluding hydrogens is 270 g/mol. The summed E-state index contributed by atoms with van der Waals surface area (Å²) < 4.78 is 5.22. The highest BCUT2D eigenvalue weighted by Gasteiger charge is 2.13. The molecule has 0 spiro atoms. The van der Waals surface area contributed by atoms with Crippen molar-refractivity contribution in [1.82, 2.24) is 4.90 Å². The van der Waals surface area contributed by atoms with Crippen LogP contribution in [0.15, 0.2) is 58.3 Å². The van der Waals surface area contributed by atoms with Gasteiger partial charge in [-0.05, 0) is 30.3 Å². The van der Waals surface area contributed by atoms with Crippen LogP contribution in [0.5, 0.6) is 5.75 Å². The van der Waals surface area contributed by atoms with Gasteiger partial charge in [-0.3, -0.25) is 4.79 Å². The van der Waals surface area contributed by atoms with Crippen LogP contribution in [0.1, 0.15) is 10.4 Å². The number of nitrogens with zero attached hydrogens (tertiary/aromatic N) is 1. The summed E-state index contributed by atoms with van der Waals surface area (Å²) in [6, 6.07) is 15.4. The second-order valence-electron chi connectivity index (χ2n) is 4.48. The Morgan fingerprint density at radius 1 is 1.10 bits per heavy atom. The molecule has 0 unspecified atom stereocenters. The number of carbonyl (C=O) groups excluding carboxylic acids is 1. The molecule has 0 radical (unpaired) electrons. The number of hydrogen-bond donors (Lipinski definition) is 0. The van der Waals surface area contributed by atoms with Crippen LogP contribution in [0.25, 0.3) is 0 Å². The zero-order valence-electron chi connectivity index (χ0n) is 11.8. The molecule has 20 heavy (non-hydrogen) atoms. The topological polar surface area (TPSA) is 29.5 Å². The Labute approximate surface area is 123 Å². The van der Waals surface area contributed by atoms with Gasteiger partial charge in [0.1, 0.15) is 5.75 Å². The van der Waals surface area contributed by atoms with Crippen molar-refractivity contribution in [3.05, 3.63) is 54.1 Å². The molecule has 0 saturated carbocycles. The smallest absolute Gasteiger partial charge is 0.254 e. The summed E-state index contributed by atoms with van der Waals surface area (Å²) in [7, 11) is 5.16. The molecular formula is C16H17NO2S. The van der Waals surface area contributed by atoms with Gasteiger partial charge in [-0.15, -0.1) is 0 Å². The van der Waals surface area contributed by atoms with Crippen LogP contribution >= 0.6 is 11.8 Å². The van der Waals surface area contributed by atoms with Crippen molar-refractivity contribution < 1.29 is 9.53 Å². The summed E-state index contributed by atoms with van der Waals surface area (Å²) >= 11 is 1.56. The van der Waals surface area contributed by atoms with Crippen LogP contribution in [0.3, 0.4) is 0 Å². The summed E-state index contributed by atoms with van der Waals surface area (Å²) in [5.74, 6) is 0.822. The van der Waals surface area contributed by atoms with Crippen molar-refractivity contribution in [1.29, 1.82) is 0 Å². The summed E-state index contributed by atoms with van der Waals surface area (Å²) in [4.78, 5) is 15.7. The SMILES string of the molecule is COc1cccc(Sc2ccccc2C(=O)N(C)C)c1. The van der Waals surface area contributed by atoms with E-state index in [-0.39, 0.29) is 5.91 Å². The van der Waals surface area contributed by atoms with Crippen molar-refractivity contribution in [2.75, 3.05) is 21.2 Å². The lowest BCUT2D eigenvalue weighted by Gasteiger charge is -2.13. The number of amides is 1. The number of rotatable bonds is 4. The van der Waals surface area contributed by atoms with Gasteiger partial charge in [0.15, 0.2) is 0 Å². The minimum atomic E-state index is 0.0102. The Balaban J connectivity index is 2.31. The number of benzene rings is 2. The minimum absolute atomic E-state index is 0.0102. The van der Waals surface area contributed by atoms with Crippen LogP contribution in [0.4, 0.5) is 0 Å². The van der Waals surface area contributed by atoms with E-state index in [2.05, 4.69) is 0 Å². The molecule has 0 fully saturated rings. The van der Waals surface area contributed by atoms with Crippen LogP contribution in [-0.2, 0) is 0 Å². The van der Waals surface area contributed by atoms with Gasteiger partial charge in [-0.1, -0.05) is 30.0 Å². The molecule has 0 saturated heterocycles. The van der Waals surface area contributed by atoms with Gasteiger partial charge < -0.3 is 9.64 Å². The minimum Gasteiger partial charge on any atom is -0.497 e. The first kappa shape index (κ1) is 14.5. The van der Waals surface area contributed by atoms with Crippen molar-refractivity contribution in [3.63, 3.8) is 0 Å². The zero-order chi connectivity index (χ0) is 14.5. The lowest BCUT2D eigenvalue weighted by molar-refractivity contribution is 0.0824. The lowest BCUT2D eigenvalue weighted by atomic mass is 10.2. The van der Waals surface area contributed by atoms with Gasteiger partial charge >= 0.3 is 0 Å². The molecule has 3 nitrogen and oxygen atoms in total. The Kier molecular flexibility index (Phi) is 4.69. The first-order valence-electron chi connectivity index (χ1n) is 6.24. The van der Waals surface area contributed by atoms with Crippen LogP contribution in [0, 0.1) is 0 Å². The molecule has 2 rings (SSSR count). The first-order valence-corrected chi connectivity index (χ1v) is 7.06. The van der Waals surface area contributed by atoms with Gasteiger partial charge in [0.2, 0.25) is 0 Å². The second kappa shape index (κ2) is 6.48. The normalized spacial score (nSPS) is 10.2. The maximum absolute atomic E-state index is 12.2. The van der Waals surface area contributed by atoms with E-state index in [0.717, 1.165) is 15.5 Å². The summed E-state index contributed by atoms with van der Waals surface area (Å²) in [5, 5.41) is 0.